The fourth-order valence-corrected chi connectivity index (χ4v) is 9.48. The zero-order valence-electron chi connectivity index (χ0n) is 30.6. The van der Waals surface area contributed by atoms with Crippen LogP contribution >= 0.6 is 11.3 Å². The third-order valence-corrected chi connectivity index (χ3v) is 12.4. The number of hydrogen-bond donors (Lipinski definition) is 0. The van der Waals surface area contributed by atoms with Crippen LogP contribution in [-0.4, -0.2) is 4.57 Å². The summed E-state index contributed by atoms with van der Waals surface area (Å²) in [6, 6.07) is 77.6. The van der Waals surface area contributed by atoms with Crippen molar-refractivity contribution in [2.75, 3.05) is 0 Å². The Morgan fingerprint density at radius 2 is 0.607 bits per heavy atom. The van der Waals surface area contributed by atoms with Gasteiger partial charge in [-0.3, -0.25) is 0 Å². The first-order valence-corrected chi connectivity index (χ1v) is 20.0. The summed E-state index contributed by atoms with van der Waals surface area (Å²) in [5, 5.41) is 5.18. The third kappa shape index (κ3) is 5.62. The van der Waals surface area contributed by atoms with E-state index in [4.69, 9.17) is 0 Å². The Morgan fingerprint density at radius 3 is 1.12 bits per heavy atom. The highest BCUT2D eigenvalue weighted by Crippen LogP contribution is 2.39. The van der Waals surface area contributed by atoms with Gasteiger partial charge in [0.1, 0.15) is 0 Å². The van der Waals surface area contributed by atoms with Crippen molar-refractivity contribution in [1.82, 2.24) is 4.57 Å². The largest absolute Gasteiger partial charge is 0.309 e. The van der Waals surface area contributed by atoms with E-state index < -0.39 is 0 Å². The van der Waals surface area contributed by atoms with Gasteiger partial charge in [-0.25, -0.2) is 0 Å². The molecule has 0 atom stereocenters. The summed E-state index contributed by atoms with van der Waals surface area (Å²) >= 11 is 1.87. The molecule has 56 heavy (non-hydrogen) atoms. The van der Waals surface area contributed by atoms with Crippen molar-refractivity contribution in [3.05, 3.63) is 212 Å². The van der Waals surface area contributed by atoms with Gasteiger partial charge in [0.05, 0.1) is 11.0 Å². The summed E-state index contributed by atoms with van der Waals surface area (Å²) in [7, 11) is 0. The van der Waals surface area contributed by atoms with Crippen molar-refractivity contribution in [3.63, 3.8) is 0 Å². The maximum atomic E-state index is 2.43. The van der Waals surface area contributed by atoms with Crippen LogP contribution in [0.4, 0.5) is 0 Å². The Kier molecular flexibility index (Phi) is 7.75. The standard InChI is InChI=1S/C54H35NS/c1-3-9-36(10-4-1)43-25-30-47-48-31-26-44(37-11-5-2-6-12-37)34-52(48)55(51(47)33-43)46-28-23-41(24-29-46)40-17-15-38(16-18-40)39-19-21-42(22-20-39)45-27-32-50-49-13-7-8-14-53(49)56-54(50)35-45/h1-35H. The highest BCUT2D eigenvalue weighted by molar-refractivity contribution is 7.25. The molecule has 1 nitrogen and oxygen atoms in total. The van der Waals surface area contributed by atoms with Gasteiger partial charge in [0.15, 0.2) is 0 Å². The SMILES string of the molecule is c1ccc(-c2ccc3c4ccc(-c5ccccc5)cc4n(-c4ccc(-c5ccc(-c6ccc(-c7ccc8c(c7)sc7ccccc78)cc6)cc5)cc4)c3c2)cc1. The molecule has 0 radical (unpaired) electrons. The van der Waals surface area contributed by atoms with E-state index in [0.29, 0.717) is 0 Å². The van der Waals surface area contributed by atoms with Gasteiger partial charge >= 0.3 is 0 Å². The summed E-state index contributed by atoms with van der Waals surface area (Å²) in [6.45, 7) is 0. The second-order valence-corrected chi connectivity index (χ2v) is 15.6. The minimum atomic E-state index is 1.15. The van der Waals surface area contributed by atoms with Crippen LogP contribution in [0.5, 0.6) is 0 Å². The van der Waals surface area contributed by atoms with Gasteiger partial charge < -0.3 is 4.57 Å². The Labute approximate surface area is 330 Å². The molecule has 2 heterocycles. The van der Waals surface area contributed by atoms with Gasteiger partial charge in [-0.2, -0.15) is 0 Å². The van der Waals surface area contributed by atoms with E-state index in [1.165, 1.54) is 97.6 Å². The van der Waals surface area contributed by atoms with E-state index in [9.17, 15) is 0 Å². The van der Waals surface area contributed by atoms with Crippen LogP contribution in [-0.2, 0) is 0 Å². The fourth-order valence-electron chi connectivity index (χ4n) is 8.34. The molecule has 0 bridgehead atoms. The van der Waals surface area contributed by atoms with E-state index in [1.54, 1.807) is 0 Å². The van der Waals surface area contributed by atoms with E-state index in [2.05, 4.69) is 217 Å². The molecule has 0 aliphatic carbocycles. The van der Waals surface area contributed by atoms with Crippen molar-refractivity contribution in [3.8, 4) is 61.3 Å². The number of nitrogens with zero attached hydrogens (tertiary/aromatic N) is 1. The molecule has 0 unspecified atom stereocenters. The molecule has 0 aliphatic rings. The molecule has 11 rings (SSSR count). The van der Waals surface area contributed by atoms with Crippen molar-refractivity contribution in [2.45, 2.75) is 0 Å². The van der Waals surface area contributed by atoms with E-state index in [0.717, 1.165) is 5.69 Å². The van der Waals surface area contributed by atoms with Crippen LogP contribution in [0.25, 0.3) is 103 Å². The van der Waals surface area contributed by atoms with E-state index >= 15 is 0 Å². The number of benzene rings is 9. The molecular formula is C54H35NS. The van der Waals surface area contributed by atoms with Gasteiger partial charge in [-0.05, 0) is 92.0 Å². The highest BCUT2D eigenvalue weighted by Gasteiger charge is 2.15. The van der Waals surface area contributed by atoms with Crippen LogP contribution in [0.3, 0.4) is 0 Å². The highest BCUT2D eigenvalue weighted by atomic mass is 32.1. The lowest BCUT2D eigenvalue weighted by molar-refractivity contribution is 1.18. The van der Waals surface area contributed by atoms with E-state index in [1.807, 2.05) is 11.3 Å². The number of thiophene rings is 1. The molecule has 0 spiro atoms. The monoisotopic (exact) mass is 729 g/mol. The zero-order chi connectivity index (χ0) is 37.0. The number of aromatic nitrogens is 1. The molecule has 2 heteroatoms. The average molecular weight is 730 g/mol. The van der Waals surface area contributed by atoms with Gasteiger partial charge in [0.25, 0.3) is 0 Å². The third-order valence-electron chi connectivity index (χ3n) is 11.3. The minimum absolute atomic E-state index is 1.15. The predicted molar refractivity (Wildman–Crippen MR) is 241 cm³/mol. The first-order valence-electron chi connectivity index (χ1n) is 19.2. The van der Waals surface area contributed by atoms with Gasteiger partial charge in [0, 0.05) is 36.6 Å². The Hall–Kier alpha value is -7.00. The average Bonchev–Trinajstić information content (AvgIpc) is 3.82. The minimum Gasteiger partial charge on any atom is -0.309 e. The summed E-state index contributed by atoms with van der Waals surface area (Å²) < 4.78 is 5.11. The second-order valence-electron chi connectivity index (χ2n) is 14.5. The maximum absolute atomic E-state index is 2.43. The molecule has 262 valence electrons. The van der Waals surface area contributed by atoms with Crippen molar-refractivity contribution < 1.29 is 0 Å². The first-order chi connectivity index (χ1) is 27.7. The van der Waals surface area contributed by atoms with Crippen molar-refractivity contribution in [2.24, 2.45) is 0 Å². The van der Waals surface area contributed by atoms with Crippen LogP contribution < -0.4 is 0 Å². The normalized spacial score (nSPS) is 11.6. The summed E-state index contributed by atoms with van der Waals surface area (Å²) in [5.74, 6) is 0. The molecule has 0 saturated carbocycles. The molecule has 0 amide bonds. The number of rotatable bonds is 6. The lowest BCUT2D eigenvalue weighted by atomic mass is 9.97. The van der Waals surface area contributed by atoms with Crippen LogP contribution in [0.1, 0.15) is 0 Å². The molecule has 0 N–H and O–H groups in total. The Bertz CT molecular complexity index is 3090. The smallest absolute Gasteiger partial charge is 0.0547 e. The molecule has 2 aromatic heterocycles. The lowest BCUT2D eigenvalue weighted by Gasteiger charge is -2.12. The van der Waals surface area contributed by atoms with Crippen LogP contribution in [0.2, 0.25) is 0 Å². The topological polar surface area (TPSA) is 4.93 Å². The zero-order valence-corrected chi connectivity index (χ0v) is 31.4. The summed E-state index contributed by atoms with van der Waals surface area (Å²) in [4.78, 5) is 0. The maximum Gasteiger partial charge on any atom is 0.0547 e. The molecule has 0 fully saturated rings. The first kappa shape index (κ1) is 32.4. The van der Waals surface area contributed by atoms with Crippen LogP contribution in [0.15, 0.2) is 212 Å². The molecule has 0 saturated heterocycles. The summed E-state index contributed by atoms with van der Waals surface area (Å²) in [5.41, 5.74) is 15.7. The van der Waals surface area contributed by atoms with Crippen molar-refractivity contribution >= 4 is 53.3 Å². The van der Waals surface area contributed by atoms with E-state index in [-0.39, 0.29) is 0 Å². The second kappa shape index (κ2) is 13.4. The summed E-state index contributed by atoms with van der Waals surface area (Å²) in [6.07, 6.45) is 0. The van der Waals surface area contributed by atoms with Crippen molar-refractivity contribution in [1.29, 1.82) is 0 Å². The Morgan fingerprint density at radius 1 is 0.250 bits per heavy atom. The molecule has 0 aliphatic heterocycles. The van der Waals surface area contributed by atoms with Gasteiger partial charge in [-0.15, -0.1) is 11.3 Å². The molecule has 11 aromatic rings. The molecular weight excluding hydrogens is 695 g/mol. The number of fused-ring (bicyclic) bond motifs is 6. The predicted octanol–water partition coefficient (Wildman–Crippen LogP) is 15.5. The van der Waals surface area contributed by atoms with Gasteiger partial charge in [0.2, 0.25) is 0 Å². The number of hydrogen-bond acceptors (Lipinski definition) is 1. The fraction of sp³-hybridized carbons (Fsp3) is 0. The Balaban J connectivity index is 0.909. The van der Waals surface area contributed by atoms with Crippen LogP contribution in [0, 0.1) is 0 Å². The quantitative estimate of drug-likeness (QED) is 0.161. The lowest BCUT2D eigenvalue weighted by Crippen LogP contribution is -1.94. The molecule has 9 aromatic carbocycles. The van der Waals surface area contributed by atoms with Gasteiger partial charge in [-0.1, -0.05) is 176 Å².